The first kappa shape index (κ1) is 22.9. The number of rotatable bonds is 10. The molecule has 1 heterocycles. The fourth-order valence-corrected chi connectivity index (χ4v) is 3.04. The highest BCUT2D eigenvalue weighted by molar-refractivity contribution is 5.94. The highest BCUT2D eigenvalue weighted by Crippen LogP contribution is 2.19. The van der Waals surface area contributed by atoms with Gasteiger partial charge in [-0.15, -0.1) is 0 Å². The summed E-state index contributed by atoms with van der Waals surface area (Å²) in [6.45, 7) is 2.66. The summed E-state index contributed by atoms with van der Waals surface area (Å²) in [7, 11) is 0. The van der Waals surface area contributed by atoms with Gasteiger partial charge in [0.05, 0.1) is 6.54 Å². The van der Waals surface area contributed by atoms with Crippen molar-refractivity contribution in [1.82, 2.24) is 20.9 Å². The van der Waals surface area contributed by atoms with Gasteiger partial charge >= 0.3 is 5.97 Å². The molecule has 0 aliphatic heterocycles. The molecular weight excluding hydrogens is 390 g/mol. The maximum atomic E-state index is 12.8. The Balaban J connectivity index is 2.23. The Morgan fingerprint density at radius 3 is 2.43 bits per heavy atom. The third kappa shape index (κ3) is 6.05. The van der Waals surface area contributed by atoms with Crippen molar-refractivity contribution < 1.29 is 24.3 Å². The summed E-state index contributed by atoms with van der Waals surface area (Å²) in [5.74, 6) is -3.13. The lowest BCUT2D eigenvalue weighted by molar-refractivity contribution is -0.138. The molecule has 0 aliphatic carbocycles. The molecule has 162 valence electrons. The van der Waals surface area contributed by atoms with Crippen LogP contribution in [0.2, 0.25) is 0 Å². The van der Waals surface area contributed by atoms with Crippen molar-refractivity contribution in [3.05, 3.63) is 36.0 Å². The molecule has 0 radical (unpaired) electrons. The topological polar surface area (TPSA) is 166 Å². The molecular formula is C20H27N5O5. The zero-order valence-corrected chi connectivity index (χ0v) is 16.9. The van der Waals surface area contributed by atoms with Crippen molar-refractivity contribution in [1.29, 1.82) is 0 Å². The number of aromatic nitrogens is 1. The van der Waals surface area contributed by atoms with E-state index in [9.17, 15) is 19.2 Å². The molecule has 1 aromatic carbocycles. The molecule has 3 amide bonds. The lowest BCUT2D eigenvalue weighted by Gasteiger charge is -2.25. The number of carboxylic acids is 1. The van der Waals surface area contributed by atoms with Gasteiger partial charge in [-0.2, -0.15) is 0 Å². The number of H-pyrrole nitrogens is 1. The van der Waals surface area contributed by atoms with Crippen LogP contribution in [0.3, 0.4) is 0 Å². The number of hydrogen-bond donors (Lipinski definition) is 6. The molecule has 0 fully saturated rings. The molecule has 0 bridgehead atoms. The van der Waals surface area contributed by atoms with E-state index in [1.807, 2.05) is 24.3 Å². The normalized spacial score (nSPS) is 12.9. The minimum atomic E-state index is -1.20. The van der Waals surface area contributed by atoms with Gasteiger partial charge in [-0.1, -0.05) is 32.0 Å². The fourth-order valence-electron chi connectivity index (χ4n) is 3.04. The Labute approximate surface area is 173 Å². The fraction of sp³-hybridized carbons (Fsp3) is 0.400. The van der Waals surface area contributed by atoms with Crippen LogP contribution in [0.5, 0.6) is 0 Å². The number of nitrogens with two attached hydrogens (primary N) is 1. The summed E-state index contributed by atoms with van der Waals surface area (Å²) in [5, 5.41) is 17.2. The third-order valence-electron chi connectivity index (χ3n) is 4.60. The maximum absolute atomic E-state index is 12.8. The van der Waals surface area contributed by atoms with Crippen LogP contribution in [0.4, 0.5) is 0 Å². The second kappa shape index (κ2) is 10.4. The molecule has 10 heteroatoms. The minimum absolute atomic E-state index is 0.136. The molecule has 2 rings (SSSR count). The zero-order valence-electron chi connectivity index (χ0n) is 16.9. The lowest BCUT2D eigenvalue weighted by atomic mass is 10.0. The Bertz CT molecular complexity index is 923. The van der Waals surface area contributed by atoms with Gasteiger partial charge in [-0.25, -0.2) is 0 Å². The van der Waals surface area contributed by atoms with Gasteiger partial charge < -0.3 is 31.8 Å². The maximum Gasteiger partial charge on any atom is 0.322 e. The van der Waals surface area contributed by atoms with Gasteiger partial charge in [0.15, 0.2) is 0 Å². The molecule has 2 unspecified atom stereocenters. The van der Waals surface area contributed by atoms with Gasteiger partial charge in [0.1, 0.15) is 18.6 Å². The van der Waals surface area contributed by atoms with Gasteiger partial charge in [0, 0.05) is 23.5 Å². The molecule has 0 spiro atoms. The smallest absolute Gasteiger partial charge is 0.322 e. The Kier molecular flexibility index (Phi) is 7.93. The second-order valence-electron chi connectivity index (χ2n) is 7.23. The first-order valence-electron chi connectivity index (χ1n) is 9.57. The van der Waals surface area contributed by atoms with E-state index in [4.69, 9.17) is 10.8 Å². The molecule has 30 heavy (non-hydrogen) atoms. The standard InChI is InChI=1S/C20H27N5O5/c1-11(2)18(25-16(26)8-21)20(30)24-15(19(29)23-10-17(27)28)7-12-9-22-14-6-4-3-5-13(12)14/h3-6,9,11,15,18,22H,7-8,10,21H2,1-2H3,(H,23,29)(H,24,30)(H,25,26)(H,27,28). The number of amides is 3. The lowest BCUT2D eigenvalue weighted by Crippen LogP contribution is -2.56. The molecule has 10 nitrogen and oxygen atoms in total. The second-order valence-corrected chi connectivity index (χ2v) is 7.23. The third-order valence-corrected chi connectivity index (χ3v) is 4.60. The van der Waals surface area contributed by atoms with Crippen molar-refractivity contribution in [3.63, 3.8) is 0 Å². The zero-order chi connectivity index (χ0) is 22.3. The summed E-state index contributed by atoms with van der Waals surface area (Å²) >= 11 is 0. The van der Waals surface area contributed by atoms with Crippen molar-refractivity contribution in [2.75, 3.05) is 13.1 Å². The highest BCUT2D eigenvalue weighted by Gasteiger charge is 2.29. The molecule has 1 aromatic heterocycles. The number of carboxylic acid groups (broad SMARTS) is 1. The SMILES string of the molecule is CC(C)C(NC(=O)CN)C(=O)NC(Cc1c[nH]c2ccccc12)C(=O)NCC(=O)O. The molecule has 0 saturated carbocycles. The number of hydrogen-bond acceptors (Lipinski definition) is 5. The van der Waals surface area contributed by atoms with E-state index < -0.39 is 42.3 Å². The number of fused-ring (bicyclic) bond motifs is 1. The Hall–Kier alpha value is -3.40. The molecule has 0 saturated heterocycles. The molecule has 2 atom stereocenters. The van der Waals surface area contributed by atoms with Crippen LogP contribution in [0, 0.1) is 5.92 Å². The molecule has 0 aliphatic rings. The van der Waals surface area contributed by atoms with Crippen molar-refractivity contribution >= 4 is 34.6 Å². The predicted octanol–water partition coefficient (Wildman–Crippen LogP) is -0.504. The van der Waals surface area contributed by atoms with Gasteiger partial charge in [0.25, 0.3) is 0 Å². The van der Waals surface area contributed by atoms with Gasteiger partial charge in [-0.05, 0) is 17.5 Å². The summed E-state index contributed by atoms with van der Waals surface area (Å²) in [6, 6.07) is 5.57. The summed E-state index contributed by atoms with van der Waals surface area (Å²) in [5.41, 5.74) is 6.97. The number of aliphatic carboxylic acids is 1. The summed E-state index contributed by atoms with van der Waals surface area (Å²) in [6.07, 6.45) is 1.88. The van der Waals surface area contributed by atoms with Gasteiger partial charge in [0.2, 0.25) is 17.7 Å². The Morgan fingerprint density at radius 2 is 1.80 bits per heavy atom. The first-order chi connectivity index (χ1) is 14.2. The number of nitrogens with one attached hydrogen (secondary N) is 4. The van der Waals surface area contributed by atoms with Crippen LogP contribution in [-0.2, 0) is 25.6 Å². The van der Waals surface area contributed by atoms with Crippen molar-refractivity contribution in [2.24, 2.45) is 11.7 Å². The van der Waals surface area contributed by atoms with E-state index in [0.717, 1.165) is 16.5 Å². The van der Waals surface area contributed by atoms with Crippen molar-refractivity contribution in [2.45, 2.75) is 32.4 Å². The number of benzene rings is 1. The summed E-state index contributed by atoms with van der Waals surface area (Å²) < 4.78 is 0. The largest absolute Gasteiger partial charge is 0.480 e. The predicted molar refractivity (Wildman–Crippen MR) is 110 cm³/mol. The highest BCUT2D eigenvalue weighted by atomic mass is 16.4. The molecule has 7 N–H and O–H groups in total. The van der Waals surface area contributed by atoms with E-state index in [1.54, 1.807) is 20.0 Å². The number of para-hydroxylation sites is 1. The average molecular weight is 417 g/mol. The van der Waals surface area contributed by atoms with Crippen LogP contribution in [0.15, 0.2) is 30.5 Å². The van der Waals surface area contributed by atoms with Gasteiger partial charge in [-0.3, -0.25) is 19.2 Å². The quantitative estimate of drug-likeness (QED) is 0.305. The van der Waals surface area contributed by atoms with Crippen molar-refractivity contribution in [3.8, 4) is 0 Å². The van der Waals surface area contributed by atoms with E-state index in [0.29, 0.717) is 0 Å². The van der Waals surface area contributed by atoms with Crippen LogP contribution in [0.1, 0.15) is 19.4 Å². The monoisotopic (exact) mass is 417 g/mol. The number of aromatic amines is 1. The Morgan fingerprint density at radius 1 is 1.10 bits per heavy atom. The van der Waals surface area contributed by atoms with E-state index >= 15 is 0 Å². The number of carbonyl (C=O) groups is 4. The van der Waals surface area contributed by atoms with Crippen LogP contribution in [0.25, 0.3) is 10.9 Å². The summed E-state index contributed by atoms with van der Waals surface area (Å²) in [4.78, 5) is 51.0. The minimum Gasteiger partial charge on any atom is -0.480 e. The van der Waals surface area contributed by atoms with E-state index in [2.05, 4.69) is 20.9 Å². The van der Waals surface area contributed by atoms with Crippen LogP contribution in [-0.4, -0.2) is 59.0 Å². The van der Waals surface area contributed by atoms with E-state index in [1.165, 1.54) is 0 Å². The van der Waals surface area contributed by atoms with Crippen LogP contribution >= 0.6 is 0 Å². The van der Waals surface area contributed by atoms with Crippen LogP contribution < -0.4 is 21.7 Å². The van der Waals surface area contributed by atoms with E-state index in [-0.39, 0.29) is 18.9 Å². The first-order valence-corrected chi connectivity index (χ1v) is 9.57. The number of carbonyl (C=O) groups excluding carboxylic acids is 3. The molecule has 2 aromatic rings. The average Bonchev–Trinajstić information content (AvgIpc) is 3.12.